The number of carbonyl (C=O) groups is 3. The Labute approximate surface area is 187 Å². The molecule has 0 saturated heterocycles. The van der Waals surface area contributed by atoms with Crippen molar-refractivity contribution in [3.05, 3.63) is 53.6 Å². The van der Waals surface area contributed by atoms with E-state index in [4.69, 9.17) is 14.2 Å². The Morgan fingerprint density at radius 3 is 2.00 bits per heavy atom. The lowest BCUT2D eigenvalue weighted by molar-refractivity contribution is -0.115. The molecule has 0 aliphatic rings. The zero-order valence-corrected chi connectivity index (χ0v) is 18.9. The molecule has 0 atom stereocenters. The number of hydrogen-bond donors (Lipinski definition) is 3. The molecule has 0 saturated carbocycles. The van der Waals surface area contributed by atoms with Gasteiger partial charge in [-0.05, 0) is 50.6 Å². The molecule has 2 aromatic carbocycles. The molecule has 0 aromatic heterocycles. The van der Waals surface area contributed by atoms with E-state index in [1.165, 1.54) is 14.2 Å². The molecule has 32 heavy (non-hydrogen) atoms. The monoisotopic (exact) mass is 443 g/mol. The lowest BCUT2D eigenvalue weighted by Crippen LogP contribution is -2.37. The summed E-state index contributed by atoms with van der Waals surface area (Å²) < 4.78 is 15.6. The maximum atomic E-state index is 12.6. The van der Waals surface area contributed by atoms with E-state index in [-0.39, 0.29) is 24.9 Å². The SMILES string of the molecule is COc1cccc(OC)c1C(=O)NCc1ccc(NC(=O)CNC(=O)OC(C)(C)C)cc1. The first kappa shape index (κ1) is 24.5. The van der Waals surface area contributed by atoms with Gasteiger partial charge in [-0.15, -0.1) is 0 Å². The molecule has 9 nitrogen and oxygen atoms in total. The van der Waals surface area contributed by atoms with Gasteiger partial charge in [-0.25, -0.2) is 4.79 Å². The topological polar surface area (TPSA) is 115 Å². The summed E-state index contributed by atoms with van der Waals surface area (Å²) in [5, 5.41) is 7.90. The van der Waals surface area contributed by atoms with Gasteiger partial charge in [-0.2, -0.15) is 0 Å². The predicted octanol–water partition coefficient (Wildman–Crippen LogP) is 3.10. The van der Waals surface area contributed by atoms with E-state index < -0.39 is 11.7 Å². The van der Waals surface area contributed by atoms with Crippen molar-refractivity contribution in [1.82, 2.24) is 10.6 Å². The van der Waals surface area contributed by atoms with Crippen molar-refractivity contribution >= 4 is 23.6 Å². The van der Waals surface area contributed by atoms with Crippen LogP contribution in [-0.4, -0.2) is 44.3 Å². The van der Waals surface area contributed by atoms with Gasteiger partial charge in [-0.3, -0.25) is 9.59 Å². The Bertz CT molecular complexity index is 929. The minimum atomic E-state index is -0.662. The van der Waals surface area contributed by atoms with E-state index in [0.717, 1.165) is 5.56 Å². The third kappa shape index (κ3) is 7.50. The van der Waals surface area contributed by atoms with Crippen LogP contribution >= 0.6 is 0 Å². The smallest absolute Gasteiger partial charge is 0.408 e. The van der Waals surface area contributed by atoms with Crippen LogP contribution in [0.1, 0.15) is 36.7 Å². The number of carbonyl (C=O) groups excluding carboxylic acids is 3. The van der Waals surface area contributed by atoms with Crippen LogP contribution in [0.5, 0.6) is 11.5 Å². The summed E-state index contributed by atoms with van der Waals surface area (Å²) in [4.78, 5) is 36.2. The highest BCUT2D eigenvalue weighted by Crippen LogP contribution is 2.28. The van der Waals surface area contributed by atoms with Crippen molar-refractivity contribution in [1.29, 1.82) is 0 Å². The van der Waals surface area contributed by atoms with Gasteiger partial charge < -0.3 is 30.2 Å². The van der Waals surface area contributed by atoms with E-state index in [0.29, 0.717) is 22.7 Å². The number of nitrogens with one attached hydrogen (secondary N) is 3. The van der Waals surface area contributed by atoms with Gasteiger partial charge in [-0.1, -0.05) is 18.2 Å². The number of rotatable bonds is 8. The average molecular weight is 444 g/mol. The Morgan fingerprint density at radius 1 is 0.875 bits per heavy atom. The van der Waals surface area contributed by atoms with Crippen LogP contribution < -0.4 is 25.4 Å². The molecule has 0 bridgehead atoms. The molecule has 0 fully saturated rings. The third-order valence-electron chi connectivity index (χ3n) is 4.14. The Kier molecular flexibility index (Phi) is 8.46. The second-order valence-electron chi connectivity index (χ2n) is 7.82. The third-order valence-corrected chi connectivity index (χ3v) is 4.14. The van der Waals surface area contributed by atoms with Gasteiger partial charge in [0.05, 0.1) is 14.2 Å². The fourth-order valence-electron chi connectivity index (χ4n) is 2.72. The first-order valence-corrected chi connectivity index (χ1v) is 9.97. The first-order valence-electron chi connectivity index (χ1n) is 9.97. The molecule has 0 aliphatic carbocycles. The summed E-state index contributed by atoms with van der Waals surface area (Å²) in [6, 6.07) is 12.1. The van der Waals surface area contributed by atoms with Crippen molar-refractivity contribution in [3.63, 3.8) is 0 Å². The van der Waals surface area contributed by atoms with E-state index in [2.05, 4.69) is 16.0 Å². The highest BCUT2D eigenvalue weighted by Gasteiger charge is 2.18. The van der Waals surface area contributed by atoms with E-state index in [9.17, 15) is 14.4 Å². The van der Waals surface area contributed by atoms with Crippen molar-refractivity contribution in [2.75, 3.05) is 26.1 Å². The zero-order chi connectivity index (χ0) is 23.7. The summed E-state index contributed by atoms with van der Waals surface area (Å²) in [5.41, 5.74) is 1.07. The quantitative estimate of drug-likeness (QED) is 0.578. The number of alkyl carbamates (subject to hydrolysis) is 1. The summed E-state index contributed by atoms with van der Waals surface area (Å²) in [6.07, 6.45) is -0.662. The van der Waals surface area contributed by atoms with E-state index in [1.54, 1.807) is 63.2 Å². The van der Waals surface area contributed by atoms with Gasteiger partial charge in [0.1, 0.15) is 29.2 Å². The van der Waals surface area contributed by atoms with E-state index in [1.807, 2.05) is 0 Å². The van der Waals surface area contributed by atoms with Crippen LogP contribution in [-0.2, 0) is 16.1 Å². The molecule has 2 rings (SSSR count). The molecule has 0 heterocycles. The van der Waals surface area contributed by atoms with Crippen LogP contribution in [0, 0.1) is 0 Å². The number of hydrogen-bond acceptors (Lipinski definition) is 6. The van der Waals surface area contributed by atoms with Gasteiger partial charge in [0.2, 0.25) is 5.91 Å². The number of ether oxygens (including phenoxy) is 3. The summed E-state index contributed by atoms with van der Waals surface area (Å²) >= 11 is 0. The van der Waals surface area contributed by atoms with Crippen molar-refractivity contribution in [2.45, 2.75) is 32.9 Å². The lowest BCUT2D eigenvalue weighted by atomic mass is 10.1. The maximum Gasteiger partial charge on any atom is 0.408 e. The normalized spacial score (nSPS) is 10.7. The number of benzene rings is 2. The molecule has 2 aromatic rings. The molecule has 3 amide bonds. The lowest BCUT2D eigenvalue weighted by Gasteiger charge is -2.19. The molecular formula is C23H29N3O6. The molecular weight excluding hydrogens is 414 g/mol. The number of methoxy groups -OCH3 is 2. The minimum absolute atomic E-state index is 0.215. The number of amides is 3. The van der Waals surface area contributed by atoms with Crippen LogP contribution in [0.25, 0.3) is 0 Å². The maximum absolute atomic E-state index is 12.6. The van der Waals surface area contributed by atoms with Crippen molar-refractivity contribution in [2.24, 2.45) is 0 Å². The minimum Gasteiger partial charge on any atom is -0.496 e. The molecule has 0 radical (unpaired) electrons. The number of anilines is 1. The largest absolute Gasteiger partial charge is 0.496 e. The molecule has 172 valence electrons. The summed E-state index contributed by atoms with van der Waals surface area (Å²) in [7, 11) is 2.98. The molecule has 3 N–H and O–H groups in total. The van der Waals surface area contributed by atoms with Gasteiger partial charge >= 0.3 is 6.09 Å². The van der Waals surface area contributed by atoms with Crippen LogP contribution in [0.4, 0.5) is 10.5 Å². The second-order valence-corrected chi connectivity index (χ2v) is 7.82. The van der Waals surface area contributed by atoms with Gasteiger partial charge in [0.25, 0.3) is 5.91 Å². The predicted molar refractivity (Wildman–Crippen MR) is 120 cm³/mol. The summed E-state index contributed by atoms with van der Waals surface area (Å²) in [5.74, 6) is 0.116. The first-order chi connectivity index (χ1) is 15.1. The summed E-state index contributed by atoms with van der Waals surface area (Å²) in [6.45, 7) is 5.28. The van der Waals surface area contributed by atoms with Crippen LogP contribution in [0.15, 0.2) is 42.5 Å². The van der Waals surface area contributed by atoms with Crippen molar-refractivity contribution < 1.29 is 28.6 Å². The fraction of sp³-hybridized carbons (Fsp3) is 0.348. The highest BCUT2D eigenvalue weighted by atomic mass is 16.6. The second kappa shape index (κ2) is 11.0. The molecule has 0 spiro atoms. The standard InChI is InChI=1S/C23H29N3O6/c1-23(2,3)32-22(29)25-14-19(27)26-16-11-9-15(10-12-16)13-24-21(28)20-17(30-4)7-6-8-18(20)31-5/h6-12H,13-14H2,1-5H3,(H,24,28)(H,25,29)(H,26,27). The fourth-order valence-corrected chi connectivity index (χ4v) is 2.72. The molecule has 9 heteroatoms. The Morgan fingerprint density at radius 2 is 1.47 bits per heavy atom. The Balaban J connectivity index is 1.88. The van der Waals surface area contributed by atoms with Gasteiger partial charge in [0, 0.05) is 12.2 Å². The molecule has 0 unspecified atom stereocenters. The van der Waals surface area contributed by atoms with Crippen LogP contribution in [0.2, 0.25) is 0 Å². The Hall–Kier alpha value is -3.75. The van der Waals surface area contributed by atoms with Gasteiger partial charge in [0.15, 0.2) is 0 Å². The highest BCUT2D eigenvalue weighted by molar-refractivity contribution is 5.99. The average Bonchev–Trinajstić information content (AvgIpc) is 2.75. The van der Waals surface area contributed by atoms with Crippen molar-refractivity contribution in [3.8, 4) is 11.5 Å². The van der Waals surface area contributed by atoms with E-state index >= 15 is 0 Å². The molecule has 0 aliphatic heterocycles. The van der Waals surface area contributed by atoms with Crippen LogP contribution in [0.3, 0.4) is 0 Å². The zero-order valence-electron chi connectivity index (χ0n) is 18.9.